The number of hydrogen-bond acceptors (Lipinski definition) is 6. The van der Waals surface area contributed by atoms with Crippen molar-refractivity contribution in [2.45, 2.75) is 32.4 Å². The smallest absolute Gasteiger partial charge is 0.334 e. The highest BCUT2D eigenvalue weighted by Gasteiger charge is 2.31. The fourth-order valence-electron chi connectivity index (χ4n) is 2.86. The second-order valence-electron chi connectivity index (χ2n) is 5.76. The number of carbonyl (C=O) groups excluding carboxylic acids is 1. The molecule has 1 saturated heterocycles. The van der Waals surface area contributed by atoms with Gasteiger partial charge in [0.05, 0.1) is 6.04 Å². The summed E-state index contributed by atoms with van der Waals surface area (Å²) in [4.78, 5) is 39.2. The van der Waals surface area contributed by atoms with Crippen LogP contribution < -0.4 is 11.2 Å². The van der Waals surface area contributed by atoms with Crippen molar-refractivity contribution in [3.63, 3.8) is 0 Å². The summed E-state index contributed by atoms with van der Waals surface area (Å²) in [7, 11) is -0.722. The maximum absolute atomic E-state index is 12.6. The average molecular weight is 371 g/mol. The maximum atomic E-state index is 12.6. The molecule has 1 aromatic heterocycles. The molecule has 9 nitrogen and oxygen atoms in total. The van der Waals surface area contributed by atoms with Crippen LogP contribution in [0.25, 0.3) is 0 Å². The van der Waals surface area contributed by atoms with E-state index >= 15 is 0 Å². The molecule has 138 valence electrons. The average Bonchev–Trinajstić information content (AvgIpc) is 3.07. The molecule has 1 amide bonds. The molecule has 0 aromatic carbocycles. The lowest BCUT2D eigenvalue weighted by atomic mass is 10.1. The van der Waals surface area contributed by atoms with Crippen LogP contribution in [0.4, 0.5) is 0 Å². The second-order valence-corrected chi connectivity index (χ2v) is 7.83. The van der Waals surface area contributed by atoms with Crippen LogP contribution in [-0.2, 0) is 25.0 Å². The molecular formula is C15H22N3O6P. The molecule has 0 aliphatic carbocycles. The van der Waals surface area contributed by atoms with Gasteiger partial charge in [-0.3, -0.25) is 23.7 Å². The SMILES string of the molecule is COP(=O)(/C=C(\C)[C@@H]1CCCN1C(=O)Cn1ccc(=O)[nH]c1=O)OC. The summed E-state index contributed by atoms with van der Waals surface area (Å²) in [6, 6.07) is 0.957. The molecule has 1 N–H and O–H groups in total. The van der Waals surface area contributed by atoms with Crippen LogP contribution in [0.5, 0.6) is 0 Å². The molecule has 25 heavy (non-hydrogen) atoms. The molecule has 1 aromatic rings. The van der Waals surface area contributed by atoms with Crippen LogP contribution in [-0.4, -0.2) is 47.2 Å². The number of carbonyl (C=O) groups is 1. The summed E-state index contributed by atoms with van der Waals surface area (Å²) in [5.41, 5.74) is -0.430. The highest BCUT2D eigenvalue weighted by atomic mass is 31.2. The zero-order chi connectivity index (χ0) is 18.6. The standard InChI is InChI=1S/C15H22N3O6P/c1-11(10-25(22,23-2)24-3)12-5-4-7-18(12)14(20)9-17-8-6-13(19)16-15(17)21/h6,8,10,12H,4-5,7,9H2,1-3H3,(H,16,19,21)/b11-10+/t12-/m0/s1. The minimum atomic E-state index is -3.32. The van der Waals surface area contributed by atoms with Crippen LogP contribution >= 0.6 is 7.60 Å². The van der Waals surface area contributed by atoms with Gasteiger partial charge in [0.15, 0.2) is 0 Å². The van der Waals surface area contributed by atoms with Gasteiger partial charge in [-0.05, 0) is 25.3 Å². The number of aromatic amines is 1. The quantitative estimate of drug-likeness (QED) is 0.745. The van der Waals surface area contributed by atoms with E-state index in [1.165, 1.54) is 32.3 Å². The predicted octanol–water partition coefficient (Wildman–Crippen LogP) is 0.917. The molecule has 0 saturated carbocycles. The number of nitrogens with one attached hydrogen (secondary N) is 1. The Morgan fingerprint density at radius 1 is 1.40 bits per heavy atom. The third kappa shape index (κ3) is 4.56. The van der Waals surface area contributed by atoms with E-state index in [1.54, 1.807) is 11.8 Å². The van der Waals surface area contributed by atoms with Gasteiger partial charge in [0.2, 0.25) is 5.91 Å². The number of aromatic nitrogens is 2. The van der Waals surface area contributed by atoms with Crippen molar-refractivity contribution in [3.8, 4) is 0 Å². The molecule has 2 rings (SSSR count). The van der Waals surface area contributed by atoms with Crippen LogP contribution in [0.3, 0.4) is 0 Å². The summed E-state index contributed by atoms with van der Waals surface area (Å²) in [6.07, 6.45) is 2.81. The van der Waals surface area contributed by atoms with Gasteiger partial charge < -0.3 is 13.9 Å². The lowest BCUT2D eigenvalue weighted by Crippen LogP contribution is -2.41. The molecule has 10 heteroatoms. The van der Waals surface area contributed by atoms with Crippen molar-refractivity contribution in [1.29, 1.82) is 0 Å². The Morgan fingerprint density at radius 3 is 2.68 bits per heavy atom. The van der Waals surface area contributed by atoms with Gasteiger partial charge in [0, 0.05) is 38.8 Å². The van der Waals surface area contributed by atoms with Crippen LogP contribution in [0.1, 0.15) is 19.8 Å². The molecule has 1 atom stereocenters. The number of hydrogen-bond donors (Lipinski definition) is 1. The molecule has 0 radical (unpaired) electrons. The minimum absolute atomic E-state index is 0.175. The Bertz CT molecular complexity index is 819. The molecule has 1 aliphatic heterocycles. The summed E-state index contributed by atoms with van der Waals surface area (Å²) in [6.45, 7) is 2.13. The summed E-state index contributed by atoms with van der Waals surface area (Å²) in [5.74, 6) is 1.17. The van der Waals surface area contributed by atoms with E-state index in [9.17, 15) is 18.9 Å². The third-order valence-electron chi connectivity index (χ3n) is 4.17. The van der Waals surface area contributed by atoms with Gasteiger partial charge in [-0.2, -0.15) is 0 Å². The van der Waals surface area contributed by atoms with E-state index in [-0.39, 0.29) is 18.5 Å². The summed E-state index contributed by atoms with van der Waals surface area (Å²) < 4.78 is 23.2. The van der Waals surface area contributed by atoms with Crippen molar-refractivity contribution in [1.82, 2.24) is 14.5 Å². The fraction of sp³-hybridized carbons (Fsp3) is 0.533. The third-order valence-corrected chi connectivity index (χ3v) is 5.91. The van der Waals surface area contributed by atoms with Gasteiger partial charge >= 0.3 is 13.3 Å². The van der Waals surface area contributed by atoms with E-state index in [0.717, 1.165) is 17.4 Å². The summed E-state index contributed by atoms with van der Waals surface area (Å²) >= 11 is 0. The number of amides is 1. The van der Waals surface area contributed by atoms with Crippen LogP contribution in [0.15, 0.2) is 33.2 Å². The normalized spacial score (nSPS) is 18.6. The molecular weight excluding hydrogens is 349 g/mol. The van der Waals surface area contributed by atoms with Crippen molar-refractivity contribution >= 4 is 13.5 Å². The Kier molecular flexibility index (Phi) is 6.16. The van der Waals surface area contributed by atoms with Gasteiger partial charge in [0.1, 0.15) is 6.54 Å². The molecule has 0 unspecified atom stereocenters. The van der Waals surface area contributed by atoms with Gasteiger partial charge in [-0.25, -0.2) is 4.79 Å². The molecule has 0 bridgehead atoms. The second kappa shape index (κ2) is 7.95. The summed E-state index contributed by atoms with van der Waals surface area (Å²) in [5, 5.41) is 0. The van der Waals surface area contributed by atoms with Gasteiger partial charge in [-0.1, -0.05) is 0 Å². The Labute approximate surface area is 144 Å². The molecule has 0 spiro atoms. The largest absolute Gasteiger partial charge is 0.353 e. The number of rotatable bonds is 6. The molecule has 2 heterocycles. The Hall–Kier alpha value is -1.96. The van der Waals surface area contributed by atoms with E-state index in [1.807, 2.05) is 0 Å². The van der Waals surface area contributed by atoms with Crippen LogP contribution in [0.2, 0.25) is 0 Å². The van der Waals surface area contributed by atoms with E-state index < -0.39 is 18.8 Å². The van der Waals surface area contributed by atoms with Crippen molar-refractivity contribution in [3.05, 3.63) is 44.5 Å². The Balaban J connectivity index is 2.19. The number of H-pyrrole nitrogens is 1. The van der Waals surface area contributed by atoms with Gasteiger partial charge in [0.25, 0.3) is 5.56 Å². The monoisotopic (exact) mass is 371 g/mol. The van der Waals surface area contributed by atoms with Crippen molar-refractivity contribution < 1.29 is 18.4 Å². The number of nitrogens with zero attached hydrogens (tertiary/aromatic N) is 2. The minimum Gasteiger partial charge on any atom is -0.334 e. The highest BCUT2D eigenvalue weighted by Crippen LogP contribution is 2.49. The first-order chi connectivity index (χ1) is 11.8. The van der Waals surface area contributed by atoms with Crippen LogP contribution in [0, 0.1) is 0 Å². The maximum Gasteiger partial charge on any atom is 0.353 e. The van der Waals surface area contributed by atoms with Crippen molar-refractivity contribution in [2.24, 2.45) is 0 Å². The first-order valence-corrected chi connectivity index (χ1v) is 9.40. The predicted molar refractivity (Wildman–Crippen MR) is 91.4 cm³/mol. The van der Waals surface area contributed by atoms with Gasteiger partial charge in [-0.15, -0.1) is 0 Å². The molecule has 1 aliphatic rings. The topological polar surface area (TPSA) is 111 Å². The zero-order valence-electron chi connectivity index (χ0n) is 14.4. The van der Waals surface area contributed by atoms with Crippen molar-refractivity contribution in [2.75, 3.05) is 20.8 Å². The van der Waals surface area contributed by atoms with E-state index in [2.05, 4.69) is 4.98 Å². The van der Waals surface area contributed by atoms with E-state index in [4.69, 9.17) is 9.05 Å². The molecule has 1 fully saturated rings. The zero-order valence-corrected chi connectivity index (χ0v) is 15.3. The number of likely N-dealkylation sites (tertiary alicyclic amines) is 1. The Morgan fingerprint density at radius 2 is 2.08 bits per heavy atom. The van der Waals surface area contributed by atoms with E-state index in [0.29, 0.717) is 12.1 Å². The lowest BCUT2D eigenvalue weighted by molar-refractivity contribution is -0.132. The fourth-order valence-corrected chi connectivity index (χ4v) is 3.89. The highest BCUT2D eigenvalue weighted by molar-refractivity contribution is 7.57. The first kappa shape index (κ1) is 19.4. The first-order valence-electron chi connectivity index (χ1n) is 7.79. The lowest BCUT2D eigenvalue weighted by Gasteiger charge is -2.26.